The summed E-state index contributed by atoms with van der Waals surface area (Å²) in [5.74, 6) is -0.700. The maximum atomic E-state index is 12.9. The van der Waals surface area contributed by atoms with Crippen LogP contribution < -0.4 is 5.32 Å². The molecule has 21 heavy (non-hydrogen) atoms. The van der Waals surface area contributed by atoms with E-state index in [1.54, 1.807) is 0 Å². The van der Waals surface area contributed by atoms with Gasteiger partial charge in [-0.1, -0.05) is 32.4 Å². The molecule has 1 aromatic rings. The third-order valence-corrected chi connectivity index (χ3v) is 3.00. The highest BCUT2D eigenvalue weighted by Gasteiger charge is 2.18. The zero-order valence-electron chi connectivity index (χ0n) is 12.6. The summed E-state index contributed by atoms with van der Waals surface area (Å²) in [7, 11) is 0. The van der Waals surface area contributed by atoms with Crippen LogP contribution in [-0.4, -0.2) is 42.2 Å². The number of carbonyl (C=O) groups excluding carboxylic acids is 1. The monoisotopic (exact) mass is 316 g/mol. The number of benzene rings is 1. The van der Waals surface area contributed by atoms with Crippen LogP contribution >= 0.6 is 11.6 Å². The van der Waals surface area contributed by atoms with Gasteiger partial charge in [0.2, 0.25) is 5.91 Å². The zero-order valence-corrected chi connectivity index (χ0v) is 13.4. The SMILES string of the molecule is CC(C)(C)CN(CCO)CC(=O)Nc1ccc(F)cc1Cl. The molecule has 6 heteroatoms. The number of hydrogen-bond donors (Lipinski definition) is 2. The number of rotatable bonds is 6. The van der Waals surface area contributed by atoms with Crippen LogP contribution in [0.2, 0.25) is 5.02 Å². The molecule has 0 unspecified atom stereocenters. The lowest BCUT2D eigenvalue weighted by atomic mass is 9.96. The molecule has 2 N–H and O–H groups in total. The van der Waals surface area contributed by atoms with Gasteiger partial charge in [-0.05, 0) is 23.6 Å². The van der Waals surface area contributed by atoms with Gasteiger partial charge in [0.1, 0.15) is 5.82 Å². The number of amides is 1. The van der Waals surface area contributed by atoms with E-state index in [9.17, 15) is 9.18 Å². The van der Waals surface area contributed by atoms with Crippen LogP contribution in [-0.2, 0) is 4.79 Å². The van der Waals surface area contributed by atoms with Crippen molar-refractivity contribution in [2.45, 2.75) is 20.8 Å². The highest BCUT2D eigenvalue weighted by atomic mass is 35.5. The predicted octanol–water partition coefficient (Wildman–Crippen LogP) is 2.76. The maximum absolute atomic E-state index is 12.9. The van der Waals surface area contributed by atoms with Crippen LogP contribution in [0.25, 0.3) is 0 Å². The van der Waals surface area contributed by atoms with Crippen LogP contribution in [0.4, 0.5) is 10.1 Å². The second-order valence-electron chi connectivity index (χ2n) is 6.17. The molecule has 118 valence electrons. The summed E-state index contributed by atoms with van der Waals surface area (Å²) in [6.07, 6.45) is 0. The molecule has 4 nitrogen and oxygen atoms in total. The quantitative estimate of drug-likeness (QED) is 0.848. The summed E-state index contributed by atoms with van der Waals surface area (Å²) in [6, 6.07) is 3.82. The standard InChI is InChI=1S/C15H22ClFN2O2/c1-15(2,3)10-19(6-7-20)9-14(21)18-13-5-4-11(17)8-12(13)16/h4-5,8,20H,6-7,9-10H2,1-3H3,(H,18,21). The molecule has 0 spiro atoms. The molecule has 0 aliphatic rings. The van der Waals surface area contributed by atoms with Crippen LogP contribution in [0.15, 0.2) is 18.2 Å². The Morgan fingerprint density at radius 3 is 2.62 bits per heavy atom. The lowest BCUT2D eigenvalue weighted by molar-refractivity contribution is -0.117. The van der Waals surface area contributed by atoms with Gasteiger partial charge < -0.3 is 10.4 Å². The summed E-state index contributed by atoms with van der Waals surface area (Å²) in [5.41, 5.74) is 0.394. The molecule has 0 fully saturated rings. The number of aliphatic hydroxyl groups is 1. The van der Waals surface area contributed by atoms with Crippen molar-refractivity contribution < 1.29 is 14.3 Å². The summed E-state index contributed by atoms with van der Waals surface area (Å²) >= 11 is 5.87. The Labute approximate surface area is 129 Å². The fraction of sp³-hybridized carbons (Fsp3) is 0.533. The predicted molar refractivity (Wildman–Crippen MR) is 83.0 cm³/mol. The van der Waals surface area contributed by atoms with Crippen molar-refractivity contribution in [1.82, 2.24) is 4.90 Å². The lowest BCUT2D eigenvalue weighted by Crippen LogP contribution is -2.40. The highest BCUT2D eigenvalue weighted by molar-refractivity contribution is 6.33. The molecule has 0 aliphatic carbocycles. The van der Waals surface area contributed by atoms with Gasteiger partial charge in [-0.15, -0.1) is 0 Å². The average Bonchev–Trinajstić information content (AvgIpc) is 2.31. The molecular formula is C15H22ClFN2O2. The van der Waals surface area contributed by atoms with E-state index in [0.29, 0.717) is 18.8 Å². The second-order valence-corrected chi connectivity index (χ2v) is 6.57. The van der Waals surface area contributed by atoms with Crippen molar-refractivity contribution in [1.29, 1.82) is 0 Å². The minimum absolute atomic E-state index is 0.0132. The number of nitrogens with one attached hydrogen (secondary N) is 1. The molecule has 0 aliphatic heterocycles. The maximum Gasteiger partial charge on any atom is 0.238 e. The summed E-state index contributed by atoms with van der Waals surface area (Å²) in [4.78, 5) is 13.9. The van der Waals surface area contributed by atoms with Crippen molar-refractivity contribution in [3.8, 4) is 0 Å². The Morgan fingerprint density at radius 1 is 1.43 bits per heavy atom. The highest BCUT2D eigenvalue weighted by Crippen LogP contribution is 2.22. The van der Waals surface area contributed by atoms with Crippen molar-refractivity contribution in [2.24, 2.45) is 5.41 Å². The molecule has 1 amide bonds. The van der Waals surface area contributed by atoms with E-state index < -0.39 is 5.82 Å². The van der Waals surface area contributed by atoms with Gasteiger partial charge >= 0.3 is 0 Å². The number of nitrogens with zero attached hydrogens (tertiary/aromatic N) is 1. The van der Waals surface area contributed by atoms with Gasteiger partial charge in [0.15, 0.2) is 0 Å². The first-order chi connectivity index (χ1) is 9.71. The Hall–Kier alpha value is -1.17. The number of hydrogen-bond acceptors (Lipinski definition) is 3. The van der Waals surface area contributed by atoms with Crippen molar-refractivity contribution in [3.63, 3.8) is 0 Å². The molecule has 0 saturated carbocycles. The van der Waals surface area contributed by atoms with Gasteiger partial charge in [-0.25, -0.2) is 4.39 Å². The first kappa shape index (κ1) is 17.9. The minimum atomic E-state index is -0.451. The van der Waals surface area contributed by atoms with E-state index in [1.807, 2.05) is 4.90 Å². The van der Waals surface area contributed by atoms with Crippen LogP contribution in [0.1, 0.15) is 20.8 Å². The minimum Gasteiger partial charge on any atom is -0.395 e. The lowest BCUT2D eigenvalue weighted by Gasteiger charge is -2.28. The van der Waals surface area contributed by atoms with E-state index in [2.05, 4.69) is 26.1 Å². The largest absolute Gasteiger partial charge is 0.395 e. The van der Waals surface area contributed by atoms with Gasteiger partial charge in [-0.2, -0.15) is 0 Å². The Bertz CT molecular complexity index is 489. The van der Waals surface area contributed by atoms with E-state index in [1.165, 1.54) is 12.1 Å². The van der Waals surface area contributed by atoms with Gasteiger partial charge in [0.05, 0.1) is 23.9 Å². The number of anilines is 1. The second kappa shape index (κ2) is 7.73. The Balaban J connectivity index is 2.65. The first-order valence-corrected chi connectivity index (χ1v) is 7.17. The Kier molecular flexibility index (Phi) is 6.58. The van der Waals surface area contributed by atoms with E-state index >= 15 is 0 Å². The van der Waals surface area contributed by atoms with E-state index in [4.69, 9.17) is 16.7 Å². The van der Waals surface area contributed by atoms with Crippen molar-refractivity contribution in [3.05, 3.63) is 29.0 Å². The number of halogens is 2. The van der Waals surface area contributed by atoms with E-state index in [0.717, 1.165) is 6.07 Å². The average molecular weight is 317 g/mol. The first-order valence-electron chi connectivity index (χ1n) is 6.79. The number of carbonyl (C=O) groups is 1. The molecule has 1 aromatic carbocycles. The molecular weight excluding hydrogens is 295 g/mol. The normalized spacial score (nSPS) is 11.8. The third-order valence-electron chi connectivity index (χ3n) is 2.69. The summed E-state index contributed by atoms with van der Waals surface area (Å²) in [5, 5.41) is 11.9. The molecule has 0 saturated heterocycles. The topological polar surface area (TPSA) is 52.6 Å². The third kappa shape index (κ3) is 6.89. The van der Waals surface area contributed by atoms with Gasteiger partial charge in [0.25, 0.3) is 0 Å². The molecule has 0 atom stereocenters. The molecule has 1 rings (SSSR count). The fourth-order valence-corrected chi connectivity index (χ4v) is 2.22. The fourth-order valence-electron chi connectivity index (χ4n) is 2.01. The van der Waals surface area contributed by atoms with Crippen LogP contribution in [0, 0.1) is 11.2 Å². The molecule has 0 aromatic heterocycles. The molecule has 0 heterocycles. The van der Waals surface area contributed by atoms with Crippen molar-refractivity contribution in [2.75, 3.05) is 31.6 Å². The molecule has 0 bridgehead atoms. The molecule has 0 radical (unpaired) electrons. The van der Waals surface area contributed by atoms with Gasteiger partial charge in [-0.3, -0.25) is 9.69 Å². The van der Waals surface area contributed by atoms with Gasteiger partial charge in [0, 0.05) is 13.1 Å². The Morgan fingerprint density at radius 2 is 2.10 bits per heavy atom. The number of aliphatic hydroxyl groups excluding tert-OH is 1. The smallest absolute Gasteiger partial charge is 0.238 e. The van der Waals surface area contributed by atoms with Crippen LogP contribution in [0.5, 0.6) is 0 Å². The van der Waals surface area contributed by atoms with E-state index in [-0.39, 0.29) is 29.5 Å². The summed E-state index contributed by atoms with van der Waals surface area (Å²) in [6.45, 7) is 7.41. The van der Waals surface area contributed by atoms with Crippen molar-refractivity contribution >= 4 is 23.2 Å². The zero-order chi connectivity index (χ0) is 16.0. The van der Waals surface area contributed by atoms with Crippen LogP contribution in [0.3, 0.4) is 0 Å². The summed E-state index contributed by atoms with van der Waals surface area (Å²) < 4.78 is 12.9.